The summed E-state index contributed by atoms with van der Waals surface area (Å²) in [7, 11) is 8.92. The molecule has 8 heterocycles. The van der Waals surface area contributed by atoms with Crippen molar-refractivity contribution in [1.82, 2.24) is 74.5 Å². The topological polar surface area (TPSA) is 363 Å². The van der Waals surface area contributed by atoms with Gasteiger partial charge >= 0.3 is 18.3 Å². The summed E-state index contributed by atoms with van der Waals surface area (Å²) in [6.07, 6.45) is 10.2. The number of aldehydes is 1. The first kappa shape index (κ1) is 82.8. The number of nitrogens with two attached hydrogens (primary N) is 3. The summed E-state index contributed by atoms with van der Waals surface area (Å²) in [5.41, 5.74) is 8.41. The van der Waals surface area contributed by atoms with E-state index in [9.17, 15) is 19.2 Å². The van der Waals surface area contributed by atoms with Crippen molar-refractivity contribution in [1.29, 1.82) is 0 Å². The van der Waals surface area contributed by atoms with Crippen LogP contribution in [0.2, 0.25) is 15.5 Å². The van der Waals surface area contributed by atoms with Gasteiger partial charge in [0.25, 0.3) is 0 Å². The number of hydrogen-bond acceptors (Lipinski definition) is 21. The minimum absolute atomic E-state index is 0. The van der Waals surface area contributed by atoms with Crippen molar-refractivity contribution in [2.24, 2.45) is 17.5 Å². The van der Waals surface area contributed by atoms with Crippen LogP contribution in [0.3, 0.4) is 0 Å². The predicted octanol–water partition coefficient (Wildman–Crippen LogP) is 9.63. The summed E-state index contributed by atoms with van der Waals surface area (Å²) in [4.78, 5) is 65.5. The SMILES string of the molecule is C.CN(Cc1ccc(Cl)nc1)C(=O)OC(C)(C)C.CN(Cc1ccc(NN)nc1)C(=O)OC(C)(C)C.CNCc1ccc(Cl)nc1.CNCc1ccc2nnc(C)n2c1.Cc1nnc2ccc(CN(C)C(=O)OC(C)(C)C)cn12.NN.O.O=Cc1ccc(Cl)nc1. The first-order valence-corrected chi connectivity index (χ1v) is 28.7. The van der Waals surface area contributed by atoms with E-state index < -0.39 is 16.8 Å². The number of ether oxygens (including phenoxy) is 3. The van der Waals surface area contributed by atoms with Gasteiger partial charge in [-0.1, -0.05) is 72.6 Å². The van der Waals surface area contributed by atoms with Crippen molar-refractivity contribution in [3.63, 3.8) is 0 Å². The van der Waals surface area contributed by atoms with Crippen molar-refractivity contribution in [3.8, 4) is 0 Å². The number of anilines is 1. The van der Waals surface area contributed by atoms with Crippen LogP contribution in [0.1, 0.15) is 120 Å². The molecule has 0 bridgehead atoms. The van der Waals surface area contributed by atoms with E-state index in [0.29, 0.717) is 46.5 Å². The summed E-state index contributed by atoms with van der Waals surface area (Å²) in [6, 6.07) is 21.9. The number of hydrazine groups is 2. The van der Waals surface area contributed by atoms with Crippen molar-refractivity contribution in [2.45, 2.75) is 133 Å². The second kappa shape index (κ2) is 41.2. The van der Waals surface area contributed by atoms with Gasteiger partial charge in [0.15, 0.2) is 17.6 Å². The molecule has 0 spiro atoms. The van der Waals surface area contributed by atoms with E-state index in [1.165, 1.54) is 21.6 Å². The number of carbonyl (C=O) groups excluding carboxylic acids is 4. The van der Waals surface area contributed by atoms with Crippen LogP contribution < -0.4 is 33.6 Å². The predicted molar refractivity (Wildman–Crippen MR) is 358 cm³/mol. The van der Waals surface area contributed by atoms with Crippen molar-refractivity contribution < 1.29 is 38.9 Å². The molecule has 0 aliphatic carbocycles. The summed E-state index contributed by atoms with van der Waals surface area (Å²) >= 11 is 16.7. The Balaban J connectivity index is 0.00000108. The summed E-state index contributed by atoms with van der Waals surface area (Å²) in [5.74, 6) is 15.5. The van der Waals surface area contributed by atoms with Crippen LogP contribution in [0.25, 0.3) is 11.3 Å². The third kappa shape index (κ3) is 33.4. The highest BCUT2D eigenvalue weighted by Crippen LogP contribution is 2.16. The van der Waals surface area contributed by atoms with Crippen LogP contribution in [-0.2, 0) is 46.9 Å². The molecule has 8 aromatic rings. The summed E-state index contributed by atoms with van der Waals surface area (Å²) < 4.78 is 19.7. The molecule has 0 radical (unpaired) electrons. The van der Waals surface area contributed by atoms with Gasteiger partial charge in [0.1, 0.15) is 49.7 Å². The fourth-order valence-corrected chi connectivity index (χ4v) is 7.15. The van der Waals surface area contributed by atoms with Gasteiger partial charge in [-0.05, 0) is 161 Å². The maximum atomic E-state index is 11.9. The molecule has 91 heavy (non-hydrogen) atoms. The van der Waals surface area contributed by atoms with Crippen LogP contribution in [0.15, 0.2) is 110 Å². The minimum Gasteiger partial charge on any atom is -0.444 e. The molecule has 0 atom stereocenters. The molecule has 0 unspecified atom stereocenters. The largest absolute Gasteiger partial charge is 0.444 e. The molecule has 8 rings (SSSR count). The Bertz CT molecular complexity index is 3380. The van der Waals surface area contributed by atoms with Crippen LogP contribution in [0.4, 0.5) is 20.2 Å². The Morgan fingerprint density at radius 2 is 0.857 bits per heavy atom. The molecule has 500 valence electrons. The third-order valence-electron chi connectivity index (χ3n) is 10.8. The molecular formula is C61H92Cl3N19O8. The van der Waals surface area contributed by atoms with Crippen LogP contribution >= 0.6 is 34.8 Å². The Morgan fingerprint density at radius 3 is 1.20 bits per heavy atom. The molecule has 27 nitrogen and oxygen atoms in total. The molecule has 0 aromatic carbocycles. The molecule has 0 fully saturated rings. The maximum Gasteiger partial charge on any atom is 0.410 e. The summed E-state index contributed by atoms with van der Waals surface area (Å²) in [6.45, 7) is 23.5. The van der Waals surface area contributed by atoms with Crippen LogP contribution in [0, 0.1) is 13.8 Å². The zero-order chi connectivity index (χ0) is 67.1. The van der Waals surface area contributed by atoms with Gasteiger partial charge in [-0.15, -0.1) is 20.4 Å². The minimum atomic E-state index is -0.489. The number of carbonyl (C=O) groups is 4. The molecule has 11 N–H and O–H groups in total. The lowest BCUT2D eigenvalue weighted by molar-refractivity contribution is 0.0275. The smallest absolute Gasteiger partial charge is 0.410 e. The Kier molecular flexibility index (Phi) is 37.5. The maximum absolute atomic E-state index is 11.9. The number of pyridine rings is 6. The molecule has 0 saturated heterocycles. The number of rotatable bonds is 12. The lowest BCUT2D eigenvalue weighted by atomic mass is 10.2. The van der Waals surface area contributed by atoms with Crippen molar-refractivity contribution in [2.75, 3.05) is 40.7 Å². The zero-order valence-corrected chi connectivity index (χ0v) is 56.3. The Hall–Kier alpha value is -8.25. The normalized spacial score (nSPS) is 10.4. The number of nitrogens with zero attached hydrogens (tertiary/aromatic N) is 13. The second-order valence-electron chi connectivity index (χ2n) is 22.3. The van der Waals surface area contributed by atoms with E-state index in [-0.39, 0.29) is 31.2 Å². The number of aromatic nitrogens is 10. The lowest BCUT2D eigenvalue weighted by Gasteiger charge is -2.24. The van der Waals surface area contributed by atoms with Gasteiger partial charge in [0.05, 0.1) is 19.6 Å². The number of nitrogens with one attached hydrogen (secondary N) is 3. The first-order chi connectivity index (χ1) is 41.8. The molecule has 8 aromatic heterocycles. The Morgan fingerprint density at radius 1 is 0.516 bits per heavy atom. The highest BCUT2D eigenvalue weighted by atomic mass is 35.5. The number of fused-ring (bicyclic) bond motifs is 2. The van der Waals surface area contributed by atoms with Gasteiger partial charge in [0.2, 0.25) is 0 Å². The monoisotopic (exact) mass is 1320 g/mol. The third-order valence-corrected chi connectivity index (χ3v) is 11.5. The number of nitrogen functional groups attached to an aromatic ring is 1. The lowest BCUT2D eigenvalue weighted by Crippen LogP contribution is -2.33. The summed E-state index contributed by atoms with van der Waals surface area (Å²) in [5, 5.41) is 23.5. The van der Waals surface area contributed by atoms with Crippen LogP contribution in [-0.4, -0.2) is 146 Å². The van der Waals surface area contributed by atoms with E-state index in [1.54, 1.807) is 75.0 Å². The molecular weight excluding hydrogens is 1230 g/mol. The van der Waals surface area contributed by atoms with Gasteiger partial charge in [-0.3, -0.25) is 25.3 Å². The standard InChI is InChI=1S/C14H20N4O2.C12H17ClN2O2.C12H20N4O2.C9H12N4.C7H9ClN2.C6H4ClNO.CH4.H4N2.H2O/c1-10-15-16-12-7-6-11(9-18(10)12)8-17(5)13(19)20-14(2,3)4;1-12(2,3)17-11(16)15(4)8-9-5-6-10(13)14-7-9;1-12(2,3)18-11(17)16(4)8-9-5-6-10(15-13)14-7-9;1-7-11-12-9-4-3-8(5-10-2)6-13(7)9;1-9-4-6-2-3-7(8)10-5-6;7-6-2-1-5(4-9)3-8-6;;1-2;/h6-7,9H,8H2,1-5H3;5-7H,8H2,1-4H3;5-7H,8,13H2,1-4H3,(H,14,15);3-4,6,10H,5H2,1-2H3;2-3,5,9H,4H2,1H3;1-4H;1H4;1-2H2;1H2. The van der Waals surface area contributed by atoms with Crippen molar-refractivity contribution in [3.05, 3.63) is 170 Å². The van der Waals surface area contributed by atoms with Crippen LogP contribution in [0.5, 0.6) is 0 Å². The highest BCUT2D eigenvalue weighted by Gasteiger charge is 2.22. The quantitative estimate of drug-likeness (QED) is 0.0218. The van der Waals surface area contributed by atoms with Gasteiger partial charge < -0.3 is 50.4 Å². The van der Waals surface area contributed by atoms with Gasteiger partial charge in [0, 0.05) is 77.0 Å². The van der Waals surface area contributed by atoms with Crippen molar-refractivity contribution >= 4 is 76.5 Å². The molecule has 0 aliphatic rings. The average molecular weight is 1330 g/mol. The van der Waals surface area contributed by atoms with E-state index in [2.05, 4.69) is 80.3 Å². The van der Waals surface area contributed by atoms with Gasteiger partial charge in [-0.25, -0.2) is 40.2 Å². The number of aryl methyl sites for hydroxylation is 2. The second-order valence-corrected chi connectivity index (χ2v) is 23.5. The van der Waals surface area contributed by atoms with E-state index in [0.717, 1.165) is 64.6 Å². The highest BCUT2D eigenvalue weighted by molar-refractivity contribution is 6.29. The average Bonchev–Trinajstić information content (AvgIpc) is 1.78. The molecule has 0 aliphatic heterocycles. The van der Waals surface area contributed by atoms with E-state index >= 15 is 0 Å². The van der Waals surface area contributed by atoms with E-state index in [1.807, 2.05) is 142 Å². The number of amides is 3. The Labute approximate surface area is 549 Å². The van der Waals surface area contributed by atoms with Gasteiger partial charge in [-0.2, -0.15) is 0 Å². The molecule has 30 heteroatoms. The first-order valence-electron chi connectivity index (χ1n) is 27.6. The molecule has 0 saturated carbocycles. The number of halogens is 3. The fourth-order valence-electron chi connectivity index (χ4n) is 6.81. The fraction of sp³-hybridized carbons (Fsp3) is 0.410. The van der Waals surface area contributed by atoms with E-state index in [4.69, 9.17) is 54.9 Å². The molecule has 3 amide bonds. The zero-order valence-electron chi connectivity index (χ0n) is 54.0. The number of hydrogen-bond donors (Lipinski definition) is 6.